The molecule has 6 aliphatic rings. The molecule has 22 aromatic carbocycles. The van der Waals surface area contributed by atoms with Gasteiger partial charge in [0.05, 0.1) is 33.1 Å². The van der Waals surface area contributed by atoms with E-state index in [1.807, 2.05) is 30.3 Å². The third-order valence-electron chi connectivity index (χ3n) is 29.8. The van der Waals surface area contributed by atoms with Crippen molar-refractivity contribution < 1.29 is 28.4 Å². The van der Waals surface area contributed by atoms with Crippen molar-refractivity contribution in [2.24, 2.45) is 0 Å². The van der Waals surface area contributed by atoms with Gasteiger partial charge >= 0.3 is 0 Å². The Morgan fingerprint density at radius 3 is 0.819 bits per heavy atom. The molecule has 0 unspecified atom stereocenters. The molecule has 0 bridgehead atoms. The number of benzene rings is 22. The molecule has 0 saturated heterocycles. The Balaban J connectivity index is 0.000000103. The molecule has 3 aromatic heterocycles. The molecule has 6 aliphatic heterocycles. The number of hydrogen-bond acceptors (Lipinski definition) is 6. The highest BCUT2D eigenvalue weighted by molar-refractivity contribution is 7.00. The minimum absolute atomic E-state index is 0.000751. The van der Waals surface area contributed by atoms with E-state index < -0.39 is 0 Å². The molecule has 0 spiro atoms. The summed E-state index contributed by atoms with van der Waals surface area (Å²) in [5.41, 5.74) is 36.6. The Morgan fingerprint density at radius 2 is 0.403 bits per heavy atom. The lowest BCUT2D eigenvalue weighted by Gasteiger charge is -2.35. The average molecular weight is 1840 g/mol. The van der Waals surface area contributed by atoms with Gasteiger partial charge in [-0.1, -0.05) is 364 Å². The van der Waals surface area contributed by atoms with Crippen molar-refractivity contribution in [3.63, 3.8) is 0 Å². The molecule has 0 atom stereocenters. The zero-order chi connectivity index (χ0) is 94.6. The third kappa shape index (κ3) is 13.4. The minimum atomic E-state index is -0.0449. The van der Waals surface area contributed by atoms with E-state index in [4.69, 9.17) is 28.4 Å². The zero-order valence-corrected chi connectivity index (χ0v) is 77.9. The summed E-state index contributed by atoms with van der Waals surface area (Å²) in [6.07, 6.45) is 0. The maximum Gasteiger partial charge on any atom is 0.260 e. The van der Waals surface area contributed by atoms with E-state index in [0.29, 0.717) is 0 Å². The standard InChI is InChI=1S/C48H30BNO2.2C42H26BNO2/c1-3-13-32(14-4-1)38-30-39(33-15-5-2-6-16-33)48-46-47(38)51-44-22-12-9-19-40(44)49(46)41-28-25-34(29-45(41)52-48)31-23-26-35(27-24-31)50-42-20-10-7-17-36(42)37-18-8-11-21-43(37)50;1-2-10-28(11-3-1)31-14-8-15-34-42(31)46-40-19-9-18-39-41(40)43(34)35-26-29(22-25-38(35)45-39)27-20-23-30(24-21-27)44-36-16-6-4-12-32(36)33-13-5-7-17-37(33)44;1-2-9-27(10-3-1)29-20-24-38-35(25-29)43-34-23-19-30(26-41(34)46-40-16-8-15-39(45-38)42(40)43)28-17-21-31(22-18-28)44-36-13-6-4-11-32(36)33-12-5-7-14-37(33)44/h1-30H;2*1-26H. The number of hydrogen-bond donors (Lipinski definition) is 0. The minimum Gasteiger partial charge on any atom is -0.458 e. The maximum absolute atomic E-state index is 7.07. The fraction of sp³-hybridized carbons (Fsp3) is 0. The van der Waals surface area contributed by atoms with Gasteiger partial charge in [-0.15, -0.1) is 0 Å². The van der Waals surface area contributed by atoms with E-state index in [-0.39, 0.29) is 20.1 Å². The smallest absolute Gasteiger partial charge is 0.260 e. The molecule has 9 nitrogen and oxygen atoms in total. The van der Waals surface area contributed by atoms with Crippen LogP contribution in [0.3, 0.4) is 0 Å². The van der Waals surface area contributed by atoms with E-state index in [0.717, 1.165) is 202 Å². The summed E-state index contributed by atoms with van der Waals surface area (Å²) in [6, 6.07) is 176. The molecule has 0 amide bonds. The first-order valence-electron chi connectivity index (χ1n) is 49.2. The van der Waals surface area contributed by atoms with Crippen molar-refractivity contribution >= 4 is 135 Å². The quantitative estimate of drug-likeness (QED) is 0.127. The molecule has 25 aromatic rings. The first-order valence-corrected chi connectivity index (χ1v) is 49.2. The van der Waals surface area contributed by atoms with Gasteiger partial charge in [0.1, 0.15) is 69.0 Å². The molecule has 31 rings (SSSR count). The van der Waals surface area contributed by atoms with Crippen LogP contribution < -0.4 is 77.6 Å². The summed E-state index contributed by atoms with van der Waals surface area (Å²) in [5.74, 6) is 10.5. The summed E-state index contributed by atoms with van der Waals surface area (Å²) in [5, 5.41) is 7.59. The van der Waals surface area contributed by atoms with Gasteiger partial charge in [-0.25, -0.2) is 0 Å². The first-order chi connectivity index (χ1) is 71.4. The number of ether oxygens (including phenoxy) is 6. The fourth-order valence-corrected chi connectivity index (χ4v) is 23.3. The first kappa shape index (κ1) is 82.3. The predicted octanol–water partition coefficient (Wildman–Crippen LogP) is 28.2. The normalized spacial score (nSPS) is 12.6. The van der Waals surface area contributed by atoms with Crippen molar-refractivity contribution in [2.75, 3.05) is 0 Å². The molecule has 9 heterocycles. The number of fused-ring (bicyclic) bond motifs is 21. The Labute approximate surface area is 832 Å². The van der Waals surface area contributed by atoms with Crippen molar-refractivity contribution in [1.29, 1.82) is 0 Å². The monoisotopic (exact) mass is 1840 g/mol. The lowest BCUT2D eigenvalue weighted by Crippen LogP contribution is -2.57. The van der Waals surface area contributed by atoms with Gasteiger partial charge in [-0.2, -0.15) is 0 Å². The molecule has 0 fully saturated rings. The lowest BCUT2D eigenvalue weighted by molar-refractivity contribution is 0.464. The molecular formula is C132H82B3N3O6. The summed E-state index contributed by atoms with van der Waals surface area (Å²) < 4.78 is 47.2. The average Bonchev–Trinajstić information content (AvgIpc) is 1.09. The van der Waals surface area contributed by atoms with Gasteiger partial charge in [0.25, 0.3) is 20.1 Å². The summed E-state index contributed by atoms with van der Waals surface area (Å²) >= 11 is 0. The van der Waals surface area contributed by atoms with E-state index >= 15 is 0 Å². The van der Waals surface area contributed by atoms with Gasteiger partial charge in [-0.3, -0.25) is 0 Å². The second kappa shape index (κ2) is 33.5. The second-order valence-corrected chi connectivity index (χ2v) is 37.8. The Kier molecular flexibility index (Phi) is 19.2. The second-order valence-electron chi connectivity index (χ2n) is 37.8. The van der Waals surface area contributed by atoms with Crippen LogP contribution in [0.5, 0.6) is 69.0 Å². The van der Waals surface area contributed by atoms with Crippen LogP contribution in [-0.4, -0.2) is 33.8 Å². The van der Waals surface area contributed by atoms with Gasteiger partial charge in [0, 0.05) is 82.5 Å². The molecule has 0 radical (unpaired) electrons. The van der Waals surface area contributed by atoms with Crippen molar-refractivity contribution in [2.45, 2.75) is 0 Å². The summed E-state index contributed by atoms with van der Waals surface area (Å²) in [4.78, 5) is 0. The molecular weight excluding hydrogens is 1760 g/mol. The van der Waals surface area contributed by atoms with Gasteiger partial charge < -0.3 is 42.1 Å². The fourth-order valence-electron chi connectivity index (χ4n) is 23.3. The highest BCUT2D eigenvalue weighted by Gasteiger charge is 2.46. The van der Waals surface area contributed by atoms with E-state index in [1.165, 1.54) is 76.5 Å². The molecule has 0 aliphatic carbocycles. The van der Waals surface area contributed by atoms with Gasteiger partial charge in [-0.05, 0) is 227 Å². The SMILES string of the molecule is c1ccc(-c2cc(-c3ccccc3)c3c4c2Oc2ccccc2B4c2ccc(-c4ccc(-n5c6ccccc6c6ccccc65)cc4)cc2O3)cc1.c1ccc(-c2ccc3c(c2)B2c4ccc(-c5ccc(-n6c7ccccc7c7ccccc76)cc5)cc4Oc4cccc(c42)O3)cc1.c1ccc(-c2cccc3c2Oc2cccc4c2B3c2cc(-c3ccc(-n5c6ccccc6c6ccccc65)cc3)ccc2O4)cc1. The van der Waals surface area contributed by atoms with Crippen LogP contribution in [0.15, 0.2) is 497 Å². The predicted molar refractivity (Wildman–Crippen MR) is 593 cm³/mol. The lowest BCUT2D eigenvalue weighted by atomic mass is 9.34. The van der Waals surface area contributed by atoms with Crippen LogP contribution in [0.25, 0.3) is 160 Å². The Bertz CT molecular complexity index is 9380. The Hall–Kier alpha value is -18.8. The topological polar surface area (TPSA) is 70.2 Å². The van der Waals surface area contributed by atoms with Crippen molar-refractivity contribution in [3.8, 4) is 164 Å². The van der Waals surface area contributed by atoms with Crippen LogP contribution in [0, 0.1) is 0 Å². The molecule has 0 saturated carbocycles. The van der Waals surface area contributed by atoms with Crippen molar-refractivity contribution in [3.05, 3.63) is 497 Å². The van der Waals surface area contributed by atoms with Gasteiger partial charge in [0.15, 0.2) is 0 Å². The zero-order valence-electron chi connectivity index (χ0n) is 77.9. The number of rotatable bonds is 10. The summed E-state index contributed by atoms with van der Waals surface area (Å²) in [7, 11) is 0. The number of aromatic nitrogens is 3. The van der Waals surface area contributed by atoms with E-state index in [9.17, 15) is 0 Å². The van der Waals surface area contributed by atoms with E-state index in [2.05, 4.69) is 481 Å². The van der Waals surface area contributed by atoms with Crippen LogP contribution in [0.1, 0.15) is 0 Å². The van der Waals surface area contributed by atoms with Crippen LogP contribution in [0.2, 0.25) is 0 Å². The maximum atomic E-state index is 7.07. The number of para-hydroxylation sites is 8. The molecule has 0 N–H and O–H groups in total. The van der Waals surface area contributed by atoms with Crippen LogP contribution in [-0.2, 0) is 0 Å². The number of nitrogens with zero attached hydrogens (tertiary/aromatic N) is 3. The Morgan fingerprint density at radius 1 is 0.139 bits per heavy atom. The highest BCUT2D eigenvalue weighted by atomic mass is 16.5. The molecule has 144 heavy (non-hydrogen) atoms. The largest absolute Gasteiger partial charge is 0.458 e. The third-order valence-corrected chi connectivity index (χ3v) is 29.8. The highest BCUT2D eigenvalue weighted by Crippen LogP contribution is 2.50. The van der Waals surface area contributed by atoms with Crippen molar-refractivity contribution in [1.82, 2.24) is 13.7 Å². The molecule has 12 heteroatoms. The molecule has 670 valence electrons. The van der Waals surface area contributed by atoms with Crippen LogP contribution in [0.4, 0.5) is 0 Å². The summed E-state index contributed by atoms with van der Waals surface area (Å²) in [6.45, 7) is -0.0233. The van der Waals surface area contributed by atoms with Gasteiger partial charge in [0.2, 0.25) is 0 Å². The van der Waals surface area contributed by atoms with Crippen LogP contribution >= 0.6 is 0 Å². The van der Waals surface area contributed by atoms with E-state index in [1.54, 1.807) is 0 Å².